The van der Waals surface area contributed by atoms with Crippen molar-refractivity contribution >= 4 is 5.69 Å². The van der Waals surface area contributed by atoms with Crippen LogP contribution < -0.4 is 10.5 Å². The maximum atomic E-state index is 12.9. The summed E-state index contributed by atoms with van der Waals surface area (Å²) in [4.78, 5) is 7.12. The highest BCUT2D eigenvalue weighted by Crippen LogP contribution is 2.25. The summed E-state index contributed by atoms with van der Waals surface area (Å²) < 4.78 is 30.5. The fourth-order valence-electron chi connectivity index (χ4n) is 1.05. The Hall–Kier alpha value is -2.24. The summed E-state index contributed by atoms with van der Waals surface area (Å²) in [6, 6.07) is 3.56. The number of rotatable bonds is 2. The monoisotopic (exact) mass is 223 g/mol. The van der Waals surface area contributed by atoms with E-state index in [1.165, 1.54) is 12.1 Å². The van der Waals surface area contributed by atoms with Crippen LogP contribution in [0.3, 0.4) is 0 Å². The number of anilines is 1. The number of aromatic nitrogens is 2. The van der Waals surface area contributed by atoms with Gasteiger partial charge in [-0.05, 0) is 12.1 Å². The lowest BCUT2D eigenvalue weighted by atomic mass is 10.3. The number of hydrogen-bond acceptors (Lipinski definition) is 4. The second-order valence-corrected chi connectivity index (χ2v) is 2.97. The zero-order valence-corrected chi connectivity index (χ0v) is 8.02. The van der Waals surface area contributed by atoms with Gasteiger partial charge in [0.1, 0.15) is 5.82 Å². The molecule has 0 amide bonds. The highest BCUT2D eigenvalue weighted by Gasteiger charge is 2.05. The molecule has 0 aliphatic carbocycles. The van der Waals surface area contributed by atoms with Gasteiger partial charge in [0.2, 0.25) is 0 Å². The second kappa shape index (κ2) is 4.09. The van der Waals surface area contributed by atoms with Gasteiger partial charge in [0.05, 0.1) is 18.1 Å². The Labute approximate surface area is 89.7 Å². The highest BCUT2D eigenvalue weighted by atomic mass is 19.1. The first-order chi connectivity index (χ1) is 7.65. The van der Waals surface area contributed by atoms with Gasteiger partial charge in [-0.1, -0.05) is 0 Å². The molecular weight excluding hydrogens is 216 g/mol. The van der Waals surface area contributed by atoms with Gasteiger partial charge in [-0.25, -0.2) is 18.7 Å². The summed E-state index contributed by atoms with van der Waals surface area (Å²) in [6.07, 6.45) is 1.88. The molecule has 0 atom stereocenters. The van der Waals surface area contributed by atoms with E-state index in [2.05, 4.69) is 9.97 Å². The molecule has 0 saturated carbocycles. The second-order valence-electron chi connectivity index (χ2n) is 2.97. The largest absolute Gasteiger partial charge is 0.422 e. The fraction of sp³-hybridized carbons (Fsp3) is 0. The Bertz CT molecular complexity index is 502. The van der Waals surface area contributed by atoms with Crippen LogP contribution in [0.5, 0.6) is 11.8 Å². The molecule has 0 unspecified atom stereocenters. The van der Waals surface area contributed by atoms with Crippen LogP contribution in [0.15, 0.2) is 30.6 Å². The lowest BCUT2D eigenvalue weighted by molar-refractivity contribution is 0.434. The topological polar surface area (TPSA) is 61.0 Å². The molecule has 6 heteroatoms. The Morgan fingerprint density at radius 2 is 1.75 bits per heavy atom. The molecule has 82 valence electrons. The van der Waals surface area contributed by atoms with Gasteiger partial charge in [-0.2, -0.15) is 0 Å². The molecule has 0 spiro atoms. The summed E-state index contributed by atoms with van der Waals surface area (Å²) in [5.74, 6) is -0.988. The predicted molar refractivity (Wildman–Crippen MR) is 52.9 cm³/mol. The lowest BCUT2D eigenvalue weighted by Gasteiger charge is -2.05. The van der Waals surface area contributed by atoms with Crippen molar-refractivity contribution in [2.75, 3.05) is 5.73 Å². The van der Waals surface area contributed by atoms with Crippen LogP contribution in [0.4, 0.5) is 14.5 Å². The van der Waals surface area contributed by atoms with E-state index in [1.807, 2.05) is 0 Å². The van der Waals surface area contributed by atoms with E-state index in [-0.39, 0.29) is 17.4 Å². The van der Waals surface area contributed by atoms with Gasteiger partial charge in [0.15, 0.2) is 11.6 Å². The number of benzene rings is 1. The van der Waals surface area contributed by atoms with Crippen molar-refractivity contribution in [1.82, 2.24) is 9.97 Å². The van der Waals surface area contributed by atoms with E-state index >= 15 is 0 Å². The third-order valence-corrected chi connectivity index (χ3v) is 1.77. The summed E-state index contributed by atoms with van der Waals surface area (Å²) in [5, 5.41) is 0. The first-order valence-corrected chi connectivity index (χ1v) is 4.35. The van der Waals surface area contributed by atoms with Crippen molar-refractivity contribution in [3.05, 3.63) is 42.2 Å². The van der Waals surface area contributed by atoms with Gasteiger partial charge < -0.3 is 10.5 Å². The minimum absolute atomic E-state index is 0.0895. The molecule has 4 nitrogen and oxygen atoms in total. The Kier molecular flexibility index (Phi) is 2.63. The van der Waals surface area contributed by atoms with Crippen molar-refractivity contribution < 1.29 is 13.5 Å². The van der Waals surface area contributed by atoms with Crippen molar-refractivity contribution in [3.8, 4) is 11.8 Å². The number of ether oxygens (including phenoxy) is 1. The predicted octanol–water partition coefficient (Wildman–Crippen LogP) is 2.13. The van der Waals surface area contributed by atoms with Gasteiger partial charge in [-0.3, -0.25) is 0 Å². The number of nitrogens with two attached hydrogens (primary N) is 1. The van der Waals surface area contributed by atoms with Crippen LogP contribution in [0.25, 0.3) is 0 Å². The normalized spacial score (nSPS) is 10.1. The Balaban J connectivity index is 2.26. The average molecular weight is 223 g/mol. The van der Waals surface area contributed by atoms with Crippen LogP contribution in [-0.4, -0.2) is 9.97 Å². The molecule has 0 aliphatic rings. The molecule has 2 aromatic rings. The smallest absolute Gasteiger partial charge is 0.322 e. The van der Waals surface area contributed by atoms with Gasteiger partial charge >= 0.3 is 6.01 Å². The minimum atomic E-state index is -0.584. The molecule has 2 N–H and O–H groups in total. The van der Waals surface area contributed by atoms with E-state index in [0.717, 1.165) is 18.5 Å². The van der Waals surface area contributed by atoms with Crippen LogP contribution in [0.1, 0.15) is 0 Å². The molecule has 1 aromatic heterocycles. The first-order valence-electron chi connectivity index (χ1n) is 4.35. The maximum absolute atomic E-state index is 12.9. The summed E-state index contributed by atoms with van der Waals surface area (Å²) >= 11 is 0. The third kappa shape index (κ3) is 2.22. The summed E-state index contributed by atoms with van der Waals surface area (Å²) in [6.45, 7) is 0. The minimum Gasteiger partial charge on any atom is -0.422 e. The van der Waals surface area contributed by atoms with Gasteiger partial charge in [0.25, 0.3) is 0 Å². The van der Waals surface area contributed by atoms with Crippen LogP contribution >= 0.6 is 0 Å². The van der Waals surface area contributed by atoms with Gasteiger partial charge in [0, 0.05) is 6.07 Å². The maximum Gasteiger partial charge on any atom is 0.322 e. The first kappa shape index (κ1) is 10.3. The molecule has 0 saturated heterocycles. The van der Waals surface area contributed by atoms with Crippen LogP contribution in [0.2, 0.25) is 0 Å². The lowest BCUT2D eigenvalue weighted by Crippen LogP contribution is -1.96. The van der Waals surface area contributed by atoms with Crippen molar-refractivity contribution in [1.29, 1.82) is 0 Å². The van der Waals surface area contributed by atoms with E-state index < -0.39 is 11.6 Å². The fourth-order valence-corrected chi connectivity index (χ4v) is 1.05. The molecule has 0 radical (unpaired) electrons. The Morgan fingerprint density at radius 1 is 1.06 bits per heavy atom. The molecule has 1 aromatic carbocycles. The Morgan fingerprint density at radius 3 is 2.44 bits per heavy atom. The van der Waals surface area contributed by atoms with E-state index in [1.54, 1.807) is 0 Å². The average Bonchev–Trinajstić information content (AvgIpc) is 2.27. The standard InChI is InChI=1S/C10H7F2N3O/c11-6-1-2-8(13)9(3-6)16-10-14-4-7(12)5-15-10/h1-5H,13H2. The summed E-state index contributed by atoms with van der Waals surface area (Å²) in [7, 11) is 0. The van der Waals surface area contributed by atoms with E-state index in [4.69, 9.17) is 10.5 Å². The molecule has 16 heavy (non-hydrogen) atoms. The van der Waals surface area contributed by atoms with Crippen molar-refractivity contribution in [3.63, 3.8) is 0 Å². The highest BCUT2D eigenvalue weighted by molar-refractivity contribution is 5.53. The van der Waals surface area contributed by atoms with E-state index in [9.17, 15) is 8.78 Å². The van der Waals surface area contributed by atoms with Crippen LogP contribution in [0, 0.1) is 11.6 Å². The van der Waals surface area contributed by atoms with Crippen molar-refractivity contribution in [2.24, 2.45) is 0 Å². The molecule has 0 aliphatic heterocycles. The third-order valence-electron chi connectivity index (χ3n) is 1.77. The number of nitrogens with zero attached hydrogens (tertiary/aromatic N) is 2. The quantitative estimate of drug-likeness (QED) is 0.792. The molecule has 0 fully saturated rings. The SMILES string of the molecule is Nc1ccc(F)cc1Oc1ncc(F)cn1. The van der Waals surface area contributed by atoms with Crippen LogP contribution in [-0.2, 0) is 0 Å². The van der Waals surface area contributed by atoms with E-state index in [0.29, 0.717) is 0 Å². The summed E-state index contributed by atoms with van der Waals surface area (Å²) in [5.41, 5.74) is 5.79. The van der Waals surface area contributed by atoms with Gasteiger partial charge in [-0.15, -0.1) is 0 Å². The molecule has 2 rings (SSSR count). The molecular formula is C10H7F2N3O. The zero-order valence-electron chi connectivity index (χ0n) is 8.02. The number of hydrogen-bond donors (Lipinski definition) is 1. The molecule has 1 heterocycles. The number of nitrogen functional groups attached to an aromatic ring is 1. The number of halogens is 2. The van der Waals surface area contributed by atoms with Crippen molar-refractivity contribution in [2.45, 2.75) is 0 Å². The molecule has 0 bridgehead atoms. The zero-order chi connectivity index (χ0) is 11.5.